The van der Waals surface area contributed by atoms with Crippen LogP contribution in [0.15, 0.2) is 0 Å². The largest absolute Gasteiger partial charge is 0.178 e. The van der Waals surface area contributed by atoms with E-state index in [2.05, 4.69) is 42.4 Å². The Hall–Kier alpha value is 1.40. The molecule has 0 aromatic heterocycles. The summed E-state index contributed by atoms with van der Waals surface area (Å²) in [6.45, 7) is 0. The van der Waals surface area contributed by atoms with E-state index in [4.69, 9.17) is 0 Å². The highest BCUT2D eigenvalue weighted by atomic mass is 32.2. The molecule has 0 nitrogen and oxygen atoms in total. The van der Waals surface area contributed by atoms with E-state index in [0.717, 1.165) is 16.3 Å². The van der Waals surface area contributed by atoms with Crippen LogP contribution < -0.4 is 0 Å². The highest BCUT2D eigenvalue weighted by Gasteiger charge is 2.20. The second kappa shape index (κ2) is 9.94. The van der Waals surface area contributed by atoms with Gasteiger partial charge in [-0.3, -0.25) is 0 Å². The van der Waals surface area contributed by atoms with Crippen LogP contribution in [0.25, 0.3) is 0 Å². The van der Waals surface area contributed by atoms with Crippen molar-refractivity contribution in [2.75, 3.05) is 29.3 Å². The second-order valence-electron chi connectivity index (χ2n) is 2.55. The van der Waals surface area contributed by atoms with Crippen LogP contribution in [0.1, 0.15) is 14.9 Å². The molecule has 1 heterocycles. The molecule has 0 spiro atoms. The van der Waals surface area contributed by atoms with Crippen molar-refractivity contribution >= 4 is 47.9 Å². The Bertz CT molecular complexity index is 99.8. The number of thioether (sulfide) groups is 3. The van der Waals surface area contributed by atoms with Gasteiger partial charge in [-0.2, -0.15) is 47.9 Å². The van der Waals surface area contributed by atoms with Crippen molar-refractivity contribution in [3.8, 4) is 0 Å². The molecular weight excluding hydrogens is 236 g/mol. The van der Waals surface area contributed by atoms with Crippen molar-refractivity contribution in [2.45, 2.75) is 25.4 Å². The lowest BCUT2D eigenvalue weighted by Crippen LogP contribution is -2.23. The molecule has 0 aromatic rings. The summed E-state index contributed by atoms with van der Waals surface area (Å²) in [6, 6.07) is 0. The zero-order valence-corrected chi connectivity index (χ0v) is 10.00. The minimum Gasteiger partial charge on any atom is -0.178 e. The first-order valence-corrected chi connectivity index (χ1v) is 7.82. The van der Waals surface area contributed by atoms with Crippen LogP contribution in [0.5, 0.6) is 0 Å². The maximum absolute atomic E-state index is 4.31. The molecule has 1 rings (SSSR count). The maximum Gasteiger partial charge on any atom is 0.0229 e. The quantitative estimate of drug-likeness (QED) is 0.766. The van der Waals surface area contributed by atoms with E-state index in [0.29, 0.717) is 0 Å². The molecule has 0 bridgehead atoms. The molecule has 1 saturated heterocycles. The van der Waals surface area contributed by atoms with Crippen molar-refractivity contribution < 1.29 is 0 Å². The standard InChI is InChI=1S/C7H14S4.2CH4/c1-9-3-7-5-10-6(2-8)4-11-7;;/h6-8H,2-5H2,1H3;2*1H4. The third-order valence-corrected chi connectivity index (χ3v) is 6.45. The summed E-state index contributed by atoms with van der Waals surface area (Å²) in [4.78, 5) is 0. The number of thiol groups is 1. The van der Waals surface area contributed by atoms with Gasteiger partial charge in [0.25, 0.3) is 0 Å². The molecule has 1 aliphatic rings. The molecule has 13 heavy (non-hydrogen) atoms. The van der Waals surface area contributed by atoms with Gasteiger partial charge in [-0.25, -0.2) is 0 Å². The summed E-state index contributed by atoms with van der Waals surface area (Å²) < 4.78 is 0. The number of hydrogen-bond donors (Lipinski definition) is 1. The van der Waals surface area contributed by atoms with E-state index in [1.165, 1.54) is 17.3 Å². The zero-order chi connectivity index (χ0) is 8.10. The van der Waals surface area contributed by atoms with E-state index < -0.39 is 0 Å². The van der Waals surface area contributed by atoms with E-state index in [9.17, 15) is 0 Å². The Labute approximate surface area is 102 Å². The first kappa shape index (κ1) is 16.8. The summed E-state index contributed by atoms with van der Waals surface area (Å²) >= 11 is 10.5. The summed E-state index contributed by atoms with van der Waals surface area (Å²) in [5.41, 5.74) is 0. The van der Waals surface area contributed by atoms with Gasteiger partial charge in [0.1, 0.15) is 0 Å². The molecule has 2 atom stereocenters. The Balaban J connectivity index is 0. The minimum absolute atomic E-state index is 0. The molecule has 1 aliphatic heterocycles. The molecule has 82 valence electrons. The van der Waals surface area contributed by atoms with Gasteiger partial charge in [0.05, 0.1) is 0 Å². The van der Waals surface area contributed by atoms with E-state index >= 15 is 0 Å². The molecule has 0 amide bonds. The molecule has 0 aromatic carbocycles. The van der Waals surface area contributed by atoms with Gasteiger partial charge < -0.3 is 0 Å². The van der Waals surface area contributed by atoms with Crippen molar-refractivity contribution in [3.63, 3.8) is 0 Å². The zero-order valence-electron chi connectivity index (χ0n) is 6.66. The summed E-state index contributed by atoms with van der Waals surface area (Å²) in [5, 5.41) is 1.70. The predicted octanol–water partition coefficient (Wildman–Crippen LogP) is 3.77. The number of rotatable bonds is 3. The fourth-order valence-electron chi connectivity index (χ4n) is 0.971. The number of hydrogen-bond acceptors (Lipinski definition) is 4. The van der Waals surface area contributed by atoms with Crippen LogP contribution in [0, 0.1) is 0 Å². The molecular formula is C9H22S4. The van der Waals surface area contributed by atoms with E-state index in [1.807, 2.05) is 11.8 Å². The van der Waals surface area contributed by atoms with Gasteiger partial charge in [0.15, 0.2) is 0 Å². The SMILES string of the molecule is C.C.CSCC1CSC(CS)CS1. The molecule has 0 N–H and O–H groups in total. The highest BCUT2D eigenvalue weighted by Crippen LogP contribution is 2.31. The van der Waals surface area contributed by atoms with Gasteiger partial charge >= 0.3 is 0 Å². The van der Waals surface area contributed by atoms with Crippen LogP contribution in [0.4, 0.5) is 0 Å². The lowest BCUT2D eigenvalue weighted by atomic mass is 10.5. The van der Waals surface area contributed by atoms with E-state index in [-0.39, 0.29) is 14.9 Å². The predicted molar refractivity (Wildman–Crippen MR) is 78.2 cm³/mol. The fourth-order valence-corrected chi connectivity index (χ4v) is 5.58. The van der Waals surface area contributed by atoms with E-state index in [1.54, 1.807) is 0 Å². The molecule has 2 unspecified atom stereocenters. The lowest BCUT2D eigenvalue weighted by Gasteiger charge is -2.26. The average Bonchev–Trinajstić information content (AvgIpc) is 2.07. The topological polar surface area (TPSA) is 0 Å². The smallest absolute Gasteiger partial charge is 0.0229 e. The summed E-state index contributed by atoms with van der Waals surface area (Å²) in [6.07, 6.45) is 2.19. The molecule has 1 fully saturated rings. The molecule has 0 saturated carbocycles. The normalized spacial score (nSPS) is 27.2. The lowest BCUT2D eigenvalue weighted by molar-refractivity contribution is 1.06. The van der Waals surface area contributed by atoms with Crippen LogP contribution >= 0.6 is 47.9 Å². The second-order valence-corrected chi connectivity index (χ2v) is 6.49. The van der Waals surface area contributed by atoms with Crippen LogP contribution in [-0.4, -0.2) is 39.8 Å². The van der Waals surface area contributed by atoms with Gasteiger partial charge in [0.2, 0.25) is 0 Å². The minimum atomic E-state index is 0. The van der Waals surface area contributed by atoms with Crippen molar-refractivity contribution in [3.05, 3.63) is 0 Å². The third-order valence-electron chi connectivity index (χ3n) is 1.59. The Morgan fingerprint density at radius 3 is 2.15 bits per heavy atom. The fraction of sp³-hybridized carbons (Fsp3) is 1.00. The molecule has 0 aliphatic carbocycles. The van der Waals surface area contributed by atoms with Crippen LogP contribution in [0.3, 0.4) is 0 Å². The highest BCUT2D eigenvalue weighted by molar-refractivity contribution is 8.08. The average molecular weight is 259 g/mol. The third kappa shape index (κ3) is 6.47. The van der Waals surface area contributed by atoms with Crippen LogP contribution in [-0.2, 0) is 0 Å². The first-order valence-electron chi connectivity index (χ1n) is 3.69. The maximum atomic E-state index is 4.31. The Morgan fingerprint density at radius 1 is 1.23 bits per heavy atom. The summed E-state index contributed by atoms with van der Waals surface area (Å²) in [5.74, 6) is 5.00. The van der Waals surface area contributed by atoms with Gasteiger partial charge in [-0.15, -0.1) is 0 Å². The van der Waals surface area contributed by atoms with Crippen molar-refractivity contribution in [1.29, 1.82) is 0 Å². The van der Waals surface area contributed by atoms with Gasteiger partial charge in [-0.1, -0.05) is 14.9 Å². The monoisotopic (exact) mass is 258 g/mol. The van der Waals surface area contributed by atoms with Gasteiger partial charge in [-0.05, 0) is 6.26 Å². The molecule has 0 radical (unpaired) electrons. The Morgan fingerprint density at radius 2 is 1.77 bits per heavy atom. The summed E-state index contributed by atoms with van der Waals surface area (Å²) in [7, 11) is 0. The van der Waals surface area contributed by atoms with Crippen molar-refractivity contribution in [1.82, 2.24) is 0 Å². The van der Waals surface area contributed by atoms with Gasteiger partial charge in [0, 0.05) is 33.5 Å². The van der Waals surface area contributed by atoms with Crippen LogP contribution in [0.2, 0.25) is 0 Å². The Kier molecular flexibility index (Phi) is 12.9. The molecule has 4 heteroatoms. The van der Waals surface area contributed by atoms with Crippen molar-refractivity contribution in [2.24, 2.45) is 0 Å². The first-order chi connectivity index (χ1) is 5.36.